The van der Waals surface area contributed by atoms with Gasteiger partial charge in [0.25, 0.3) is 0 Å². The van der Waals surface area contributed by atoms with Gasteiger partial charge in [-0.15, -0.1) is 0 Å². The van der Waals surface area contributed by atoms with Gasteiger partial charge in [0, 0.05) is 16.8 Å². The van der Waals surface area contributed by atoms with Crippen LogP contribution < -0.4 is 14.8 Å². The fourth-order valence-corrected chi connectivity index (χ4v) is 4.34. The lowest BCUT2D eigenvalue weighted by molar-refractivity contribution is 0.102. The Bertz CT molecular complexity index is 1360. The van der Waals surface area contributed by atoms with Crippen molar-refractivity contribution in [2.75, 3.05) is 19.5 Å². The Labute approximate surface area is 186 Å². The molecule has 0 fully saturated rings. The summed E-state index contributed by atoms with van der Waals surface area (Å²) in [5.74, 6) is 1.92. The van der Waals surface area contributed by atoms with Crippen LogP contribution in [0.4, 0.5) is 5.95 Å². The summed E-state index contributed by atoms with van der Waals surface area (Å²) in [6.45, 7) is 1.92. The van der Waals surface area contributed by atoms with E-state index in [-0.39, 0.29) is 11.8 Å². The lowest BCUT2D eigenvalue weighted by Gasteiger charge is -2.31. The fourth-order valence-electron chi connectivity index (χ4n) is 4.34. The van der Waals surface area contributed by atoms with E-state index in [2.05, 4.69) is 9.88 Å². The average molecular weight is 425 g/mol. The van der Waals surface area contributed by atoms with Gasteiger partial charge in [-0.1, -0.05) is 48.5 Å². The van der Waals surface area contributed by atoms with Crippen molar-refractivity contribution in [1.29, 1.82) is 0 Å². The molecule has 0 spiro atoms. The standard InChI is InChI=1S/C26H23N3O3/c1-16-23(25(30)17-9-5-4-6-10-17)24(18-13-14-21(31-2)22(15-18)32-3)29-20-12-8-7-11-19(20)28-26(29)27-16/h4-15,24H,1-3H3,(H,27,28)/t24-/m1/s1. The van der Waals surface area contributed by atoms with Crippen LogP contribution in [-0.4, -0.2) is 29.6 Å². The number of nitrogens with zero attached hydrogens (tertiary/aromatic N) is 2. The molecule has 2 heterocycles. The number of anilines is 1. The monoisotopic (exact) mass is 425 g/mol. The molecule has 1 atom stereocenters. The number of ketones is 1. The highest BCUT2D eigenvalue weighted by atomic mass is 16.5. The van der Waals surface area contributed by atoms with Gasteiger partial charge in [0.2, 0.25) is 5.95 Å². The molecule has 5 rings (SSSR count). The molecule has 0 amide bonds. The van der Waals surface area contributed by atoms with E-state index in [1.807, 2.05) is 79.7 Å². The second kappa shape index (κ2) is 7.89. The van der Waals surface area contributed by atoms with E-state index in [4.69, 9.17) is 14.5 Å². The van der Waals surface area contributed by atoms with Gasteiger partial charge in [-0.25, -0.2) is 4.98 Å². The number of aromatic nitrogens is 2. The Morgan fingerprint density at radius 1 is 0.938 bits per heavy atom. The van der Waals surface area contributed by atoms with E-state index in [1.54, 1.807) is 14.2 Å². The molecule has 0 unspecified atom stereocenters. The van der Waals surface area contributed by atoms with Crippen LogP contribution in [0.3, 0.4) is 0 Å². The number of Topliss-reactive ketones (excluding diaryl/α,β-unsaturated/α-hetero) is 1. The molecular formula is C26H23N3O3. The Hall–Kier alpha value is -4.06. The summed E-state index contributed by atoms with van der Waals surface area (Å²) in [7, 11) is 3.22. The third-order valence-corrected chi connectivity index (χ3v) is 5.83. The van der Waals surface area contributed by atoms with Crippen LogP contribution in [-0.2, 0) is 0 Å². The highest BCUT2D eigenvalue weighted by Crippen LogP contribution is 2.42. The summed E-state index contributed by atoms with van der Waals surface area (Å²) in [5.41, 5.74) is 4.80. The first-order valence-electron chi connectivity index (χ1n) is 10.4. The minimum Gasteiger partial charge on any atom is -0.493 e. The van der Waals surface area contributed by atoms with Crippen molar-refractivity contribution in [2.45, 2.75) is 13.0 Å². The highest BCUT2D eigenvalue weighted by molar-refractivity contribution is 6.11. The van der Waals surface area contributed by atoms with Gasteiger partial charge in [0.15, 0.2) is 17.3 Å². The SMILES string of the molecule is COc1ccc([C@@H]2C(C(=O)c3ccccc3)=C(C)Nc3nc4ccccc4n32)cc1OC. The topological polar surface area (TPSA) is 65.4 Å². The lowest BCUT2D eigenvalue weighted by atomic mass is 9.89. The van der Waals surface area contributed by atoms with E-state index in [1.165, 1.54) is 0 Å². The summed E-state index contributed by atoms with van der Waals surface area (Å²) < 4.78 is 13.1. The number of fused-ring (bicyclic) bond motifs is 3. The summed E-state index contributed by atoms with van der Waals surface area (Å²) in [4.78, 5) is 18.5. The minimum atomic E-state index is -0.383. The molecule has 1 aromatic heterocycles. The van der Waals surface area contributed by atoms with E-state index in [9.17, 15) is 4.79 Å². The van der Waals surface area contributed by atoms with Crippen LogP contribution in [0.5, 0.6) is 11.5 Å². The minimum absolute atomic E-state index is 0.0289. The quantitative estimate of drug-likeness (QED) is 0.444. The molecule has 0 aliphatic carbocycles. The lowest BCUT2D eigenvalue weighted by Crippen LogP contribution is -2.28. The average Bonchev–Trinajstić information content (AvgIpc) is 3.20. The van der Waals surface area contributed by atoms with E-state index in [0.717, 1.165) is 22.3 Å². The summed E-state index contributed by atoms with van der Waals surface area (Å²) in [6.07, 6.45) is 0. The summed E-state index contributed by atoms with van der Waals surface area (Å²) in [5, 5.41) is 3.36. The molecule has 6 nitrogen and oxygen atoms in total. The first kappa shape index (κ1) is 19.9. The maximum Gasteiger partial charge on any atom is 0.209 e. The van der Waals surface area contributed by atoms with Crippen LogP contribution in [0.25, 0.3) is 11.0 Å². The third-order valence-electron chi connectivity index (χ3n) is 5.83. The highest BCUT2D eigenvalue weighted by Gasteiger charge is 2.34. The predicted molar refractivity (Wildman–Crippen MR) is 125 cm³/mol. The Balaban J connectivity index is 1.77. The summed E-state index contributed by atoms with van der Waals surface area (Å²) >= 11 is 0. The van der Waals surface area contributed by atoms with Gasteiger partial charge < -0.3 is 14.8 Å². The van der Waals surface area contributed by atoms with Crippen molar-refractivity contribution in [2.24, 2.45) is 0 Å². The molecule has 4 aromatic rings. The van der Waals surface area contributed by atoms with Crippen molar-refractivity contribution in [3.8, 4) is 11.5 Å². The van der Waals surface area contributed by atoms with Gasteiger partial charge in [0.05, 0.1) is 31.3 Å². The van der Waals surface area contributed by atoms with E-state index >= 15 is 0 Å². The first-order chi connectivity index (χ1) is 15.6. The fraction of sp³-hybridized carbons (Fsp3) is 0.154. The second-order valence-electron chi connectivity index (χ2n) is 7.67. The van der Waals surface area contributed by atoms with Gasteiger partial charge in [-0.05, 0) is 36.8 Å². The number of carbonyl (C=O) groups is 1. The van der Waals surface area contributed by atoms with Gasteiger partial charge >= 0.3 is 0 Å². The molecular weight excluding hydrogens is 402 g/mol. The largest absolute Gasteiger partial charge is 0.493 e. The van der Waals surface area contributed by atoms with Crippen LogP contribution in [0.1, 0.15) is 28.9 Å². The molecule has 0 bridgehead atoms. The van der Waals surface area contributed by atoms with Crippen molar-refractivity contribution >= 4 is 22.8 Å². The van der Waals surface area contributed by atoms with Crippen molar-refractivity contribution in [3.05, 3.63) is 95.2 Å². The second-order valence-corrected chi connectivity index (χ2v) is 7.67. The van der Waals surface area contributed by atoms with Crippen LogP contribution in [0.15, 0.2) is 84.1 Å². The van der Waals surface area contributed by atoms with Crippen molar-refractivity contribution < 1.29 is 14.3 Å². The van der Waals surface area contributed by atoms with Crippen molar-refractivity contribution in [3.63, 3.8) is 0 Å². The van der Waals surface area contributed by atoms with Gasteiger partial charge in [0.1, 0.15) is 0 Å². The zero-order valence-corrected chi connectivity index (χ0v) is 18.1. The molecule has 32 heavy (non-hydrogen) atoms. The predicted octanol–water partition coefficient (Wildman–Crippen LogP) is 5.23. The first-order valence-corrected chi connectivity index (χ1v) is 10.4. The molecule has 0 saturated carbocycles. The Morgan fingerprint density at radius 2 is 1.66 bits per heavy atom. The number of hydrogen-bond acceptors (Lipinski definition) is 5. The number of para-hydroxylation sites is 2. The number of carbonyl (C=O) groups excluding carboxylic acids is 1. The molecule has 160 valence electrons. The normalized spacial score (nSPS) is 15.3. The number of hydrogen-bond donors (Lipinski definition) is 1. The number of allylic oxidation sites excluding steroid dienone is 2. The number of benzene rings is 3. The molecule has 1 aliphatic rings. The number of imidazole rings is 1. The van der Waals surface area contributed by atoms with Crippen LogP contribution in [0, 0.1) is 0 Å². The van der Waals surface area contributed by atoms with Crippen LogP contribution >= 0.6 is 0 Å². The molecule has 1 N–H and O–H groups in total. The van der Waals surface area contributed by atoms with Crippen LogP contribution in [0.2, 0.25) is 0 Å². The Kier molecular flexibility index (Phi) is 4.90. The number of nitrogens with one attached hydrogen (secondary N) is 1. The molecule has 0 radical (unpaired) electrons. The van der Waals surface area contributed by atoms with Crippen molar-refractivity contribution in [1.82, 2.24) is 9.55 Å². The zero-order valence-electron chi connectivity index (χ0n) is 18.1. The number of ether oxygens (including phenoxy) is 2. The maximum absolute atomic E-state index is 13.8. The maximum atomic E-state index is 13.8. The molecule has 3 aromatic carbocycles. The van der Waals surface area contributed by atoms with Gasteiger partial charge in [-0.3, -0.25) is 9.36 Å². The molecule has 0 saturated heterocycles. The number of rotatable bonds is 5. The smallest absolute Gasteiger partial charge is 0.209 e. The van der Waals surface area contributed by atoms with E-state index < -0.39 is 0 Å². The zero-order chi connectivity index (χ0) is 22.2. The number of methoxy groups -OCH3 is 2. The van der Waals surface area contributed by atoms with Gasteiger partial charge in [-0.2, -0.15) is 0 Å². The summed E-state index contributed by atoms with van der Waals surface area (Å²) in [6, 6.07) is 22.7. The van der Waals surface area contributed by atoms with E-state index in [0.29, 0.717) is 28.6 Å². The Morgan fingerprint density at radius 3 is 2.41 bits per heavy atom. The molecule has 1 aliphatic heterocycles. The third kappa shape index (κ3) is 3.12. The molecule has 6 heteroatoms.